The number of hydrogen-bond donors (Lipinski definition) is 1. The van der Waals surface area contributed by atoms with Crippen LogP contribution in [0, 0.1) is 0 Å². The number of anilines is 1. The Hall–Kier alpha value is -1.43. The van der Waals surface area contributed by atoms with Crippen molar-refractivity contribution in [1.82, 2.24) is 0 Å². The molecule has 0 aromatic heterocycles. The van der Waals surface area contributed by atoms with Gasteiger partial charge < -0.3 is 15.2 Å². The van der Waals surface area contributed by atoms with Crippen molar-refractivity contribution in [2.24, 2.45) is 0 Å². The highest BCUT2D eigenvalue weighted by molar-refractivity contribution is 5.54. The van der Waals surface area contributed by atoms with Gasteiger partial charge in [0.1, 0.15) is 5.75 Å². The van der Waals surface area contributed by atoms with Crippen LogP contribution in [0.1, 0.15) is 43.2 Å². The predicted molar refractivity (Wildman–Crippen MR) is 78.8 cm³/mol. The highest BCUT2D eigenvalue weighted by atomic mass is 19.4. The van der Waals surface area contributed by atoms with Gasteiger partial charge in [0.2, 0.25) is 0 Å². The van der Waals surface area contributed by atoms with Crippen molar-refractivity contribution in [2.75, 3.05) is 12.3 Å². The van der Waals surface area contributed by atoms with Gasteiger partial charge in [-0.25, -0.2) is 0 Å². The minimum Gasteiger partial charge on any atom is -0.493 e. The second kappa shape index (κ2) is 8.27. The van der Waals surface area contributed by atoms with E-state index in [0.29, 0.717) is 12.7 Å². The summed E-state index contributed by atoms with van der Waals surface area (Å²) in [5, 5.41) is 0. The smallest absolute Gasteiger partial charge is 0.379 e. The molecule has 0 atom stereocenters. The number of halogens is 3. The van der Waals surface area contributed by atoms with Crippen LogP contribution in [0.4, 0.5) is 18.9 Å². The number of alkyl halides is 3. The summed E-state index contributed by atoms with van der Waals surface area (Å²) in [6.45, 7) is -2.26. The van der Waals surface area contributed by atoms with E-state index in [2.05, 4.69) is 0 Å². The minimum atomic E-state index is -3.67. The molecular formula is C16H22F3NO2. The maximum atomic E-state index is 9.67. The topological polar surface area (TPSA) is 44.5 Å². The molecule has 3 nitrogen and oxygen atoms in total. The van der Waals surface area contributed by atoms with E-state index in [1.165, 1.54) is 37.7 Å². The van der Waals surface area contributed by atoms with Gasteiger partial charge in [0.25, 0.3) is 0 Å². The Morgan fingerprint density at radius 1 is 1.18 bits per heavy atom. The maximum Gasteiger partial charge on any atom is 0.379 e. The molecule has 3 rings (SSSR count). The van der Waals surface area contributed by atoms with E-state index in [4.69, 9.17) is 15.2 Å². The standard InChI is InChI=1S/C15H21NO2.CHF3/c16-13-8-11-6-7-17-15(11)12(9-13)10-18-14-4-2-1-3-5-14;2-1(3)4/h8-9,14H,1-7,10,16H2;1H. The summed E-state index contributed by atoms with van der Waals surface area (Å²) in [7, 11) is 0. The fourth-order valence-corrected chi connectivity index (χ4v) is 2.96. The van der Waals surface area contributed by atoms with E-state index in [0.717, 1.165) is 30.0 Å². The van der Waals surface area contributed by atoms with E-state index in [-0.39, 0.29) is 0 Å². The van der Waals surface area contributed by atoms with Crippen LogP contribution >= 0.6 is 0 Å². The third-order valence-electron chi connectivity index (χ3n) is 3.91. The van der Waals surface area contributed by atoms with Crippen LogP contribution < -0.4 is 10.5 Å². The Morgan fingerprint density at radius 2 is 1.86 bits per heavy atom. The van der Waals surface area contributed by atoms with Crippen LogP contribution in [-0.4, -0.2) is 19.4 Å². The van der Waals surface area contributed by atoms with Crippen molar-refractivity contribution < 1.29 is 22.6 Å². The largest absolute Gasteiger partial charge is 0.493 e. The van der Waals surface area contributed by atoms with Gasteiger partial charge >= 0.3 is 6.68 Å². The van der Waals surface area contributed by atoms with Crippen LogP contribution in [0.15, 0.2) is 12.1 Å². The molecule has 2 N–H and O–H groups in total. The Labute approximate surface area is 128 Å². The summed E-state index contributed by atoms with van der Waals surface area (Å²) in [5.41, 5.74) is 9.10. The maximum absolute atomic E-state index is 9.67. The molecule has 0 bridgehead atoms. The molecule has 22 heavy (non-hydrogen) atoms. The summed E-state index contributed by atoms with van der Waals surface area (Å²) in [6, 6.07) is 4.01. The second-order valence-corrected chi connectivity index (χ2v) is 5.59. The van der Waals surface area contributed by atoms with Crippen LogP contribution in [-0.2, 0) is 17.8 Å². The van der Waals surface area contributed by atoms with Crippen molar-refractivity contribution >= 4 is 5.69 Å². The van der Waals surface area contributed by atoms with Crippen molar-refractivity contribution in [3.05, 3.63) is 23.3 Å². The highest BCUT2D eigenvalue weighted by Gasteiger charge is 2.19. The predicted octanol–water partition coefficient (Wildman–Crippen LogP) is 4.23. The molecule has 124 valence electrons. The summed E-state index contributed by atoms with van der Waals surface area (Å²) in [4.78, 5) is 0. The molecule has 1 saturated carbocycles. The molecule has 0 amide bonds. The number of rotatable bonds is 3. The molecule has 1 heterocycles. The summed E-state index contributed by atoms with van der Waals surface area (Å²) in [5.74, 6) is 1.01. The van der Waals surface area contributed by atoms with Gasteiger partial charge in [-0.15, -0.1) is 0 Å². The number of benzene rings is 1. The van der Waals surface area contributed by atoms with E-state index in [1.807, 2.05) is 12.1 Å². The van der Waals surface area contributed by atoms with Gasteiger partial charge in [-0.1, -0.05) is 19.3 Å². The van der Waals surface area contributed by atoms with Crippen LogP contribution in [0.5, 0.6) is 5.75 Å². The zero-order chi connectivity index (χ0) is 15.9. The normalized spacial score (nSPS) is 17.6. The fourth-order valence-electron chi connectivity index (χ4n) is 2.96. The lowest BCUT2D eigenvalue weighted by Gasteiger charge is -2.22. The molecule has 0 saturated heterocycles. The first kappa shape index (κ1) is 16.9. The zero-order valence-electron chi connectivity index (χ0n) is 12.5. The molecule has 1 fully saturated rings. The molecule has 1 aliphatic heterocycles. The number of fused-ring (bicyclic) bond motifs is 1. The molecule has 1 aromatic carbocycles. The van der Waals surface area contributed by atoms with Crippen molar-refractivity contribution in [3.63, 3.8) is 0 Å². The van der Waals surface area contributed by atoms with Gasteiger partial charge in [-0.3, -0.25) is 0 Å². The van der Waals surface area contributed by atoms with Crippen molar-refractivity contribution in [3.8, 4) is 5.75 Å². The Morgan fingerprint density at radius 3 is 2.55 bits per heavy atom. The van der Waals surface area contributed by atoms with E-state index < -0.39 is 6.68 Å². The summed E-state index contributed by atoms with van der Waals surface area (Å²) < 4.78 is 40.7. The van der Waals surface area contributed by atoms with Gasteiger partial charge in [0, 0.05) is 17.7 Å². The Balaban J connectivity index is 0.000000396. The molecule has 6 heteroatoms. The number of nitrogens with two attached hydrogens (primary N) is 1. The minimum absolute atomic E-state index is 0.428. The van der Waals surface area contributed by atoms with Gasteiger partial charge in [-0.2, -0.15) is 13.2 Å². The molecule has 0 spiro atoms. The first-order valence-electron chi connectivity index (χ1n) is 7.64. The third kappa shape index (κ3) is 5.09. The Kier molecular flexibility index (Phi) is 6.36. The molecule has 1 aromatic rings. The molecule has 0 radical (unpaired) electrons. The van der Waals surface area contributed by atoms with Crippen LogP contribution in [0.25, 0.3) is 0 Å². The highest BCUT2D eigenvalue weighted by Crippen LogP contribution is 2.33. The van der Waals surface area contributed by atoms with Crippen LogP contribution in [0.2, 0.25) is 0 Å². The molecular weight excluding hydrogens is 295 g/mol. The average molecular weight is 317 g/mol. The third-order valence-corrected chi connectivity index (χ3v) is 3.91. The monoisotopic (exact) mass is 317 g/mol. The summed E-state index contributed by atoms with van der Waals surface area (Å²) >= 11 is 0. The van der Waals surface area contributed by atoms with Crippen molar-refractivity contribution in [2.45, 2.75) is 57.9 Å². The first-order valence-corrected chi connectivity index (χ1v) is 7.64. The van der Waals surface area contributed by atoms with E-state index in [9.17, 15) is 13.2 Å². The lowest BCUT2D eigenvalue weighted by atomic mass is 9.98. The summed E-state index contributed by atoms with van der Waals surface area (Å²) in [6.07, 6.45) is 7.76. The van der Waals surface area contributed by atoms with Gasteiger partial charge in [0.15, 0.2) is 0 Å². The van der Waals surface area contributed by atoms with Gasteiger partial charge in [-0.05, 0) is 30.5 Å². The molecule has 0 unspecified atom stereocenters. The number of ether oxygens (including phenoxy) is 2. The van der Waals surface area contributed by atoms with E-state index in [1.54, 1.807) is 0 Å². The van der Waals surface area contributed by atoms with Crippen molar-refractivity contribution in [1.29, 1.82) is 0 Å². The number of nitrogen functional groups attached to an aromatic ring is 1. The Bertz CT molecular complexity index is 474. The molecule has 1 aliphatic carbocycles. The quantitative estimate of drug-likeness (QED) is 0.848. The SMILES string of the molecule is FC(F)F.Nc1cc2c(c(COC3CCCCC3)c1)OCC2. The number of hydrogen-bond acceptors (Lipinski definition) is 3. The second-order valence-electron chi connectivity index (χ2n) is 5.59. The molecule has 2 aliphatic rings. The lowest BCUT2D eigenvalue weighted by Crippen LogP contribution is -2.16. The van der Waals surface area contributed by atoms with Gasteiger partial charge in [0.05, 0.1) is 19.3 Å². The fraction of sp³-hybridized carbons (Fsp3) is 0.625. The van der Waals surface area contributed by atoms with Crippen LogP contribution in [0.3, 0.4) is 0 Å². The van der Waals surface area contributed by atoms with E-state index >= 15 is 0 Å². The lowest BCUT2D eigenvalue weighted by molar-refractivity contribution is 0.00818. The zero-order valence-corrected chi connectivity index (χ0v) is 12.5. The first-order chi connectivity index (χ1) is 10.6. The average Bonchev–Trinajstić information content (AvgIpc) is 2.93.